The molecule has 2 aromatic carbocycles. The number of hydrogen-bond donors (Lipinski definition) is 5. The second-order valence-electron chi connectivity index (χ2n) is 8.14. The number of benzene rings is 2. The van der Waals surface area contributed by atoms with Crippen LogP contribution in [0.15, 0.2) is 65.1 Å². The molecule has 0 saturated carbocycles. The number of nitrogens with two attached hydrogens (primary N) is 1. The Kier molecular flexibility index (Phi) is 10.5. The number of amidine groups is 1. The Morgan fingerprint density at radius 2 is 1.51 bits per heavy atom. The molecule has 0 bridgehead atoms. The van der Waals surface area contributed by atoms with Gasteiger partial charge >= 0.3 is 30.1 Å². The van der Waals surface area contributed by atoms with Crippen molar-refractivity contribution in [3.05, 3.63) is 77.6 Å². The number of Topliss-reactive ketones (excluding diaryl/α,β-unsaturated/α-hetero) is 1. The lowest BCUT2D eigenvalue weighted by atomic mass is 9.94. The summed E-state index contributed by atoms with van der Waals surface area (Å²) in [5.41, 5.74) is 6.51. The van der Waals surface area contributed by atoms with E-state index in [-0.39, 0.29) is 28.7 Å². The molecule has 12 nitrogen and oxygen atoms in total. The predicted octanol–water partition coefficient (Wildman–Crippen LogP) is 3.83. The first kappa shape index (κ1) is 31.7. The highest BCUT2D eigenvalue weighted by Crippen LogP contribution is 2.25. The van der Waals surface area contributed by atoms with Crippen LogP contribution in [-0.4, -0.2) is 57.0 Å². The van der Waals surface area contributed by atoms with Crippen molar-refractivity contribution in [2.24, 2.45) is 11.7 Å². The smallest absolute Gasteiger partial charge is 0.481 e. The Labute approximate surface area is 228 Å². The first-order chi connectivity index (χ1) is 19.1. The minimum atomic E-state index is -5.08. The number of carbonyl (C=O) groups excluding carboxylic acids is 2. The van der Waals surface area contributed by atoms with Gasteiger partial charge in [0.05, 0.1) is 12.3 Å². The number of rotatable bonds is 10. The molecular weight excluding hydrogens is 557 g/mol. The molecule has 41 heavy (non-hydrogen) atoms. The van der Waals surface area contributed by atoms with Crippen molar-refractivity contribution in [2.45, 2.75) is 19.0 Å². The minimum absolute atomic E-state index is 0.0882. The van der Waals surface area contributed by atoms with Gasteiger partial charge < -0.3 is 30.2 Å². The van der Waals surface area contributed by atoms with Crippen LogP contribution in [0.2, 0.25) is 0 Å². The Bertz CT molecular complexity index is 1460. The van der Waals surface area contributed by atoms with Gasteiger partial charge in [0, 0.05) is 23.1 Å². The Morgan fingerprint density at radius 1 is 0.902 bits per heavy atom. The number of halogens is 3. The molecule has 0 spiro atoms. The fraction of sp³-hybridized carbons (Fsp3) is 0.154. The van der Waals surface area contributed by atoms with Crippen LogP contribution in [0.3, 0.4) is 0 Å². The lowest BCUT2D eigenvalue weighted by Gasteiger charge is -2.09. The lowest BCUT2D eigenvalue weighted by Crippen LogP contribution is -2.21. The number of alkyl halides is 3. The number of aliphatic carboxylic acids is 3. The molecular formula is C26H21F3N2O10. The van der Waals surface area contributed by atoms with E-state index in [2.05, 4.69) is 0 Å². The standard InChI is InChI=1S/C24H20N2O8.C2HF3O2/c25-22(26)13-4-6-17(7-5-13)33-24(32)20-9-8-19(34-20)15-3-1-2-14(10-15)18(27)11-16(23(30)31)12-21(28)29;3-2(4,5)1(6)7/h1-10,16H,11-12H2,(H3,25,26)(H,28,29)(H,30,31);(H,6,7)/t16-;/m0./s1. The minimum Gasteiger partial charge on any atom is -0.481 e. The van der Waals surface area contributed by atoms with E-state index >= 15 is 0 Å². The topological polar surface area (TPSA) is 218 Å². The maximum atomic E-state index is 12.5. The average Bonchev–Trinajstić information content (AvgIpc) is 3.39. The van der Waals surface area contributed by atoms with Crippen LogP contribution in [0.25, 0.3) is 11.3 Å². The number of furan rings is 1. The van der Waals surface area contributed by atoms with Crippen LogP contribution in [0.1, 0.15) is 39.3 Å². The maximum absolute atomic E-state index is 12.5. The Hall–Kier alpha value is -5.47. The van der Waals surface area contributed by atoms with Crippen molar-refractivity contribution in [3.8, 4) is 17.1 Å². The Balaban J connectivity index is 0.000000745. The van der Waals surface area contributed by atoms with Gasteiger partial charge in [-0.3, -0.25) is 19.8 Å². The molecule has 1 atom stereocenters. The molecule has 0 aliphatic heterocycles. The molecule has 1 heterocycles. The van der Waals surface area contributed by atoms with E-state index in [0.29, 0.717) is 11.1 Å². The zero-order valence-corrected chi connectivity index (χ0v) is 20.7. The lowest BCUT2D eigenvalue weighted by molar-refractivity contribution is -0.192. The zero-order valence-electron chi connectivity index (χ0n) is 20.7. The van der Waals surface area contributed by atoms with Crippen LogP contribution in [-0.2, 0) is 14.4 Å². The normalized spacial score (nSPS) is 11.4. The second kappa shape index (κ2) is 13.5. The van der Waals surface area contributed by atoms with Crippen molar-refractivity contribution in [3.63, 3.8) is 0 Å². The third-order valence-electron chi connectivity index (χ3n) is 5.10. The van der Waals surface area contributed by atoms with Gasteiger partial charge in [0.15, 0.2) is 5.78 Å². The number of nitrogens with one attached hydrogen (secondary N) is 1. The van der Waals surface area contributed by atoms with Crippen molar-refractivity contribution in [2.75, 3.05) is 0 Å². The number of nitrogen functional groups attached to an aromatic ring is 1. The van der Waals surface area contributed by atoms with Gasteiger partial charge in [-0.1, -0.05) is 18.2 Å². The van der Waals surface area contributed by atoms with Gasteiger partial charge in [0.25, 0.3) is 0 Å². The van der Waals surface area contributed by atoms with Gasteiger partial charge in [-0.15, -0.1) is 0 Å². The largest absolute Gasteiger partial charge is 0.490 e. The average molecular weight is 578 g/mol. The summed E-state index contributed by atoms with van der Waals surface area (Å²) < 4.78 is 42.5. The molecule has 0 aliphatic carbocycles. The molecule has 3 aromatic rings. The number of ether oxygens (including phenoxy) is 1. The van der Waals surface area contributed by atoms with Crippen LogP contribution in [0.4, 0.5) is 13.2 Å². The first-order valence-corrected chi connectivity index (χ1v) is 11.2. The highest BCUT2D eigenvalue weighted by Gasteiger charge is 2.38. The molecule has 0 radical (unpaired) electrons. The number of ketones is 1. The van der Waals surface area contributed by atoms with Crippen molar-refractivity contribution < 1.29 is 61.6 Å². The number of hydrogen-bond acceptors (Lipinski definition) is 8. The first-order valence-electron chi connectivity index (χ1n) is 11.2. The summed E-state index contributed by atoms with van der Waals surface area (Å²) in [4.78, 5) is 55.9. The molecule has 0 aliphatic rings. The molecule has 6 N–H and O–H groups in total. The summed E-state index contributed by atoms with van der Waals surface area (Å²) in [6.45, 7) is 0. The van der Waals surface area contributed by atoms with Crippen LogP contribution >= 0.6 is 0 Å². The molecule has 0 amide bonds. The molecule has 216 valence electrons. The number of carboxylic acids is 3. The van der Waals surface area contributed by atoms with Crippen LogP contribution in [0, 0.1) is 11.3 Å². The van der Waals surface area contributed by atoms with E-state index in [4.69, 9.17) is 40.4 Å². The third kappa shape index (κ3) is 9.65. The third-order valence-corrected chi connectivity index (χ3v) is 5.10. The maximum Gasteiger partial charge on any atom is 0.490 e. The molecule has 0 unspecified atom stereocenters. The monoisotopic (exact) mass is 578 g/mol. The van der Waals surface area contributed by atoms with Crippen LogP contribution in [0.5, 0.6) is 5.75 Å². The SMILES string of the molecule is N=C(N)c1ccc(OC(=O)c2ccc(-c3cccc(C(=O)C[C@@H](CC(=O)O)C(=O)O)c3)o2)cc1.O=C(O)C(F)(F)F. The van der Waals surface area contributed by atoms with Gasteiger partial charge in [0.2, 0.25) is 5.76 Å². The molecule has 3 rings (SSSR count). The van der Waals surface area contributed by atoms with E-state index in [1.807, 2.05) is 0 Å². The van der Waals surface area contributed by atoms with Gasteiger partial charge in [-0.25, -0.2) is 9.59 Å². The number of carbonyl (C=O) groups is 5. The highest BCUT2D eigenvalue weighted by molar-refractivity contribution is 5.99. The van der Waals surface area contributed by atoms with E-state index in [1.54, 1.807) is 12.1 Å². The van der Waals surface area contributed by atoms with Gasteiger partial charge in [0.1, 0.15) is 17.3 Å². The Morgan fingerprint density at radius 3 is 2.02 bits per heavy atom. The van der Waals surface area contributed by atoms with E-state index < -0.39 is 54.6 Å². The van der Waals surface area contributed by atoms with E-state index in [1.165, 1.54) is 48.5 Å². The van der Waals surface area contributed by atoms with Crippen molar-refractivity contribution in [1.29, 1.82) is 5.41 Å². The quantitative estimate of drug-likeness (QED) is 0.0765. The number of esters is 1. The summed E-state index contributed by atoms with van der Waals surface area (Å²) in [7, 11) is 0. The van der Waals surface area contributed by atoms with Gasteiger partial charge in [-0.2, -0.15) is 13.2 Å². The van der Waals surface area contributed by atoms with Crippen molar-refractivity contribution in [1.82, 2.24) is 0 Å². The fourth-order valence-corrected chi connectivity index (χ4v) is 3.11. The van der Waals surface area contributed by atoms with Crippen LogP contribution < -0.4 is 10.5 Å². The highest BCUT2D eigenvalue weighted by atomic mass is 19.4. The molecule has 15 heteroatoms. The molecule has 0 fully saturated rings. The fourth-order valence-electron chi connectivity index (χ4n) is 3.11. The zero-order chi connectivity index (χ0) is 30.9. The summed E-state index contributed by atoms with van der Waals surface area (Å²) in [6.07, 6.45) is -6.22. The van der Waals surface area contributed by atoms with E-state index in [9.17, 15) is 32.3 Å². The second-order valence-corrected chi connectivity index (χ2v) is 8.14. The summed E-state index contributed by atoms with van der Waals surface area (Å²) in [5.74, 6) is -7.76. The number of carboxylic acid groups (broad SMARTS) is 3. The summed E-state index contributed by atoms with van der Waals surface area (Å²) >= 11 is 0. The molecule has 0 saturated heterocycles. The van der Waals surface area contributed by atoms with Crippen molar-refractivity contribution >= 4 is 35.5 Å². The molecule has 1 aromatic heterocycles. The summed E-state index contributed by atoms with van der Waals surface area (Å²) in [6, 6.07) is 15.1. The summed E-state index contributed by atoms with van der Waals surface area (Å²) in [5, 5.41) is 32.5. The van der Waals surface area contributed by atoms with Gasteiger partial charge in [-0.05, 0) is 42.5 Å². The predicted molar refractivity (Wildman–Crippen MR) is 133 cm³/mol. The van der Waals surface area contributed by atoms with E-state index in [0.717, 1.165) is 0 Å².